The molecule has 0 amide bonds. The van der Waals surface area contributed by atoms with E-state index in [9.17, 15) is 0 Å². The largest absolute Gasteiger partial charge is 0.487 e. The lowest BCUT2D eigenvalue weighted by molar-refractivity contribution is 0.0436. The molecule has 2 aliphatic heterocycles. The molecule has 116 valence electrons. The van der Waals surface area contributed by atoms with Crippen molar-refractivity contribution in [1.29, 1.82) is 0 Å². The van der Waals surface area contributed by atoms with E-state index in [0.29, 0.717) is 18.8 Å². The molecule has 21 heavy (non-hydrogen) atoms. The van der Waals surface area contributed by atoms with Crippen LogP contribution in [0, 0.1) is 5.92 Å². The van der Waals surface area contributed by atoms with E-state index in [4.69, 9.17) is 14.2 Å². The maximum atomic E-state index is 6.26. The Bertz CT molecular complexity index is 529. The van der Waals surface area contributed by atoms with Gasteiger partial charge in [0.25, 0.3) is 0 Å². The van der Waals surface area contributed by atoms with Crippen LogP contribution in [0.2, 0.25) is 0 Å². The van der Waals surface area contributed by atoms with E-state index in [1.807, 2.05) is 6.07 Å². The highest BCUT2D eigenvalue weighted by Crippen LogP contribution is 2.47. The molecule has 0 saturated heterocycles. The second-order valence-corrected chi connectivity index (χ2v) is 6.71. The molecule has 0 bridgehead atoms. The summed E-state index contributed by atoms with van der Waals surface area (Å²) in [5.41, 5.74) is 1.06. The molecule has 0 spiro atoms. The number of ether oxygens (including phenoxy) is 3. The van der Waals surface area contributed by atoms with Gasteiger partial charge in [0.15, 0.2) is 11.5 Å². The van der Waals surface area contributed by atoms with Gasteiger partial charge in [0.1, 0.15) is 11.4 Å². The van der Waals surface area contributed by atoms with Crippen LogP contribution in [0.3, 0.4) is 0 Å². The molecule has 4 nitrogen and oxygen atoms in total. The first kappa shape index (κ1) is 14.5. The summed E-state index contributed by atoms with van der Waals surface area (Å²) in [5.74, 6) is 3.17. The minimum Gasteiger partial charge on any atom is -0.487 e. The molecule has 3 rings (SSSR count). The summed E-state index contributed by atoms with van der Waals surface area (Å²) in [7, 11) is 0. The summed E-state index contributed by atoms with van der Waals surface area (Å²) in [4.78, 5) is 0. The van der Waals surface area contributed by atoms with Crippen LogP contribution >= 0.6 is 0 Å². The van der Waals surface area contributed by atoms with Crippen molar-refractivity contribution in [1.82, 2.24) is 5.32 Å². The highest BCUT2D eigenvalue weighted by Gasteiger charge is 2.37. The van der Waals surface area contributed by atoms with Gasteiger partial charge in [0.05, 0.1) is 0 Å². The first-order valence-corrected chi connectivity index (χ1v) is 7.86. The first-order valence-electron chi connectivity index (χ1n) is 7.86. The molecule has 0 aromatic heterocycles. The predicted octanol–water partition coefficient (Wildman–Crippen LogP) is 3.65. The van der Waals surface area contributed by atoms with Gasteiger partial charge in [-0.05, 0) is 31.9 Å². The average molecular weight is 291 g/mol. The van der Waals surface area contributed by atoms with Crippen molar-refractivity contribution >= 4 is 0 Å². The summed E-state index contributed by atoms with van der Waals surface area (Å²) in [5, 5.41) is 3.68. The standard InChI is InChI=1S/C17H25NO3/c1-5-17(4)8-13(18-9-11(2)3)12-6-15-16(20-10-19-15)7-14(12)21-17/h6-7,11,13,18H,5,8-10H2,1-4H3. The zero-order valence-corrected chi connectivity index (χ0v) is 13.4. The molecule has 2 atom stereocenters. The van der Waals surface area contributed by atoms with Crippen LogP contribution in [0.1, 0.15) is 52.1 Å². The van der Waals surface area contributed by atoms with Crippen LogP contribution < -0.4 is 19.5 Å². The summed E-state index contributed by atoms with van der Waals surface area (Å²) < 4.78 is 17.2. The van der Waals surface area contributed by atoms with Gasteiger partial charge >= 0.3 is 0 Å². The van der Waals surface area contributed by atoms with Gasteiger partial charge in [-0.1, -0.05) is 20.8 Å². The van der Waals surface area contributed by atoms with Gasteiger partial charge in [-0.15, -0.1) is 0 Å². The fraction of sp³-hybridized carbons (Fsp3) is 0.647. The van der Waals surface area contributed by atoms with E-state index in [-0.39, 0.29) is 5.60 Å². The minimum absolute atomic E-state index is 0.130. The fourth-order valence-corrected chi connectivity index (χ4v) is 2.93. The Hall–Kier alpha value is -1.42. The van der Waals surface area contributed by atoms with Crippen molar-refractivity contribution in [3.63, 3.8) is 0 Å². The number of benzene rings is 1. The normalized spacial score (nSPS) is 26.6. The average Bonchev–Trinajstić information content (AvgIpc) is 2.89. The van der Waals surface area contributed by atoms with Crippen molar-refractivity contribution in [2.24, 2.45) is 5.92 Å². The second-order valence-electron chi connectivity index (χ2n) is 6.71. The van der Waals surface area contributed by atoms with Gasteiger partial charge in [-0.3, -0.25) is 0 Å². The molecule has 1 N–H and O–H groups in total. The van der Waals surface area contributed by atoms with Crippen LogP contribution in [0.5, 0.6) is 17.2 Å². The lowest BCUT2D eigenvalue weighted by Gasteiger charge is -2.40. The van der Waals surface area contributed by atoms with Crippen molar-refractivity contribution in [3.8, 4) is 17.2 Å². The molecular formula is C17H25NO3. The zero-order chi connectivity index (χ0) is 15.0. The zero-order valence-electron chi connectivity index (χ0n) is 13.4. The molecular weight excluding hydrogens is 266 g/mol. The molecule has 1 aromatic rings. The topological polar surface area (TPSA) is 39.7 Å². The maximum Gasteiger partial charge on any atom is 0.231 e. The summed E-state index contributed by atoms with van der Waals surface area (Å²) in [6.45, 7) is 10.1. The molecule has 0 fully saturated rings. The summed E-state index contributed by atoms with van der Waals surface area (Å²) >= 11 is 0. The van der Waals surface area contributed by atoms with E-state index >= 15 is 0 Å². The molecule has 2 aliphatic rings. The molecule has 4 heteroatoms. The van der Waals surface area contributed by atoms with E-state index in [1.54, 1.807) is 0 Å². The molecule has 2 heterocycles. The Balaban J connectivity index is 1.94. The quantitative estimate of drug-likeness (QED) is 0.919. The minimum atomic E-state index is -0.130. The molecule has 0 saturated carbocycles. The third-order valence-corrected chi connectivity index (χ3v) is 4.39. The third-order valence-electron chi connectivity index (χ3n) is 4.39. The monoisotopic (exact) mass is 291 g/mol. The predicted molar refractivity (Wildman–Crippen MR) is 82.1 cm³/mol. The number of rotatable bonds is 4. The van der Waals surface area contributed by atoms with E-state index < -0.39 is 0 Å². The lowest BCUT2D eigenvalue weighted by atomic mass is 9.86. The van der Waals surface area contributed by atoms with Crippen LogP contribution in [0.15, 0.2) is 12.1 Å². The molecule has 2 unspecified atom stereocenters. The number of fused-ring (bicyclic) bond motifs is 2. The fourth-order valence-electron chi connectivity index (χ4n) is 2.93. The van der Waals surface area contributed by atoms with Gasteiger partial charge in [0.2, 0.25) is 6.79 Å². The Morgan fingerprint density at radius 1 is 1.24 bits per heavy atom. The van der Waals surface area contributed by atoms with Gasteiger partial charge in [-0.25, -0.2) is 0 Å². The lowest BCUT2D eigenvalue weighted by Crippen LogP contribution is -2.42. The summed E-state index contributed by atoms with van der Waals surface area (Å²) in [6.07, 6.45) is 1.96. The van der Waals surface area contributed by atoms with Crippen molar-refractivity contribution < 1.29 is 14.2 Å². The third kappa shape index (κ3) is 2.82. The van der Waals surface area contributed by atoms with Crippen LogP contribution in [0.25, 0.3) is 0 Å². The smallest absolute Gasteiger partial charge is 0.231 e. The maximum absolute atomic E-state index is 6.26. The summed E-state index contributed by atoms with van der Waals surface area (Å²) in [6, 6.07) is 4.36. The van der Waals surface area contributed by atoms with Crippen LogP contribution in [0.4, 0.5) is 0 Å². The Morgan fingerprint density at radius 3 is 2.62 bits per heavy atom. The molecule has 0 radical (unpaired) electrons. The first-order chi connectivity index (χ1) is 10.0. The SMILES string of the molecule is CCC1(C)CC(NCC(C)C)c2cc3c(cc2O1)OCO3. The highest BCUT2D eigenvalue weighted by molar-refractivity contribution is 5.54. The number of hydrogen-bond acceptors (Lipinski definition) is 4. The second kappa shape index (κ2) is 5.41. The van der Waals surface area contributed by atoms with Gasteiger partial charge in [-0.2, -0.15) is 0 Å². The van der Waals surface area contributed by atoms with E-state index in [0.717, 1.165) is 36.6 Å². The molecule has 0 aliphatic carbocycles. The highest BCUT2D eigenvalue weighted by atomic mass is 16.7. The van der Waals surface area contributed by atoms with Crippen molar-refractivity contribution in [3.05, 3.63) is 17.7 Å². The Morgan fingerprint density at radius 2 is 1.95 bits per heavy atom. The number of nitrogens with one attached hydrogen (secondary N) is 1. The van der Waals surface area contributed by atoms with Crippen LogP contribution in [-0.2, 0) is 0 Å². The van der Waals surface area contributed by atoms with Crippen molar-refractivity contribution in [2.75, 3.05) is 13.3 Å². The Labute approximate surface area is 126 Å². The van der Waals surface area contributed by atoms with E-state index in [2.05, 4.69) is 39.1 Å². The van der Waals surface area contributed by atoms with Gasteiger partial charge < -0.3 is 19.5 Å². The molecule has 1 aromatic carbocycles. The number of hydrogen-bond donors (Lipinski definition) is 1. The Kier molecular flexibility index (Phi) is 3.74. The van der Waals surface area contributed by atoms with Crippen LogP contribution in [-0.4, -0.2) is 18.9 Å². The van der Waals surface area contributed by atoms with Crippen molar-refractivity contribution in [2.45, 2.75) is 52.2 Å². The van der Waals surface area contributed by atoms with Gasteiger partial charge in [0, 0.05) is 24.1 Å². The van der Waals surface area contributed by atoms with E-state index in [1.165, 1.54) is 5.56 Å².